The van der Waals surface area contributed by atoms with Gasteiger partial charge in [-0.2, -0.15) is 0 Å². The lowest BCUT2D eigenvalue weighted by atomic mass is 9.99. The van der Waals surface area contributed by atoms with Crippen LogP contribution in [0.25, 0.3) is 0 Å². The lowest BCUT2D eigenvalue weighted by Crippen LogP contribution is -2.36. The quantitative estimate of drug-likeness (QED) is 0.942. The Labute approximate surface area is 137 Å². The van der Waals surface area contributed by atoms with Crippen molar-refractivity contribution in [2.45, 2.75) is 26.8 Å². The Bertz CT molecular complexity index is 697. The smallest absolute Gasteiger partial charge is 0.255 e. The maximum absolute atomic E-state index is 12.8. The Morgan fingerprint density at radius 1 is 1.26 bits per heavy atom. The van der Waals surface area contributed by atoms with Gasteiger partial charge in [0.1, 0.15) is 0 Å². The average molecular weight is 309 g/mol. The van der Waals surface area contributed by atoms with E-state index < -0.39 is 0 Å². The number of carbonyl (C=O) groups is 1. The highest BCUT2D eigenvalue weighted by Crippen LogP contribution is 2.21. The number of aromatic nitrogens is 1. The van der Waals surface area contributed by atoms with E-state index in [1.54, 1.807) is 12.4 Å². The highest BCUT2D eigenvalue weighted by molar-refractivity contribution is 5.94. The van der Waals surface area contributed by atoms with E-state index in [4.69, 9.17) is 0 Å². The number of fused-ring (bicyclic) bond motifs is 1. The van der Waals surface area contributed by atoms with E-state index >= 15 is 0 Å². The van der Waals surface area contributed by atoms with Gasteiger partial charge in [-0.05, 0) is 29.5 Å². The number of pyridine rings is 1. The van der Waals surface area contributed by atoms with Crippen molar-refractivity contribution in [1.29, 1.82) is 0 Å². The standard InChI is InChI=1S/C19H23N3O/c1-14(2)10-21-18-9-17(11-20-12-18)19(23)22-8-7-15-5-3-4-6-16(15)13-22/h3-6,9,11-12,14,21H,7-8,10,13H2,1-2H3. The Balaban J connectivity index is 1.72. The number of hydrogen-bond donors (Lipinski definition) is 1. The molecule has 1 N–H and O–H groups in total. The van der Waals surface area contributed by atoms with E-state index in [2.05, 4.69) is 42.3 Å². The van der Waals surface area contributed by atoms with Gasteiger partial charge >= 0.3 is 0 Å². The molecule has 0 aliphatic carbocycles. The third-order valence-corrected chi connectivity index (χ3v) is 4.12. The van der Waals surface area contributed by atoms with E-state index in [0.717, 1.165) is 25.2 Å². The van der Waals surface area contributed by atoms with E-state index in [-0.39, 0.29) is 5.91 Å². The normalized spacial score (nSPS) is 13.8. The molecular formula is C19H23N3O. The predicted molar refractivity (Wildman–Crippen MR) is 92.5 cm³/mol. The van der Waals surface area contributed by atoms with Crippen LogP contribution < -0.4 is 5.32 Å². The molecule has 3 rings (SSSR count). The molecule has 0 spiro atoms. The zero-order valence-electron chi connectivity index (χ0n) is 13.7. The Morgan fingerprint density at radius 2 is 2.04 bits per heavy atom. The van der Waals surface area contributed by atoms with Gasteiger partial charge in [0.25, 0.3) is 5.91 Å². The van der Waals surface area contributed by atoms with Gasteiger partial charge in [0.15, 0.2) is 0 Å². The van der Waals surface area contributed by atoms with Crippen molar-refractivity contribution < 1.29 is 4.79 Å². The number of nitrogens with one attached hydrogen (secondary N) is 1. The second-order valence-corrected chi connectivity index (χ2v) is 6.48. The summed E-state index contributed by atoms with van der Waals surface area (Å²) >= 11 is 0. The maximum atomic E-state index is 12.8. The van der Waals surface area contributed by atoms with Crippen molar-refractivity contribution in [3.05, 3.63) is 59.4 Å². The summed E-state index contributed by atoms with van der Waals surface area (Å²) in [5.74, 6) is 0.605. The molecule has 120 valence electrons. The minimum atomic E-state index is 0.0557. The molecule has 2 aromatic rings. The first-order valence-electron chi connectivity index (χ1n) is 8.18. The number of amides is 1. The molecule has 0 saturated heterocycles. The largest absolute Gasteiger partial charge is 0.384 e. The number of rotatable bonds is 4. The van der Waals surface area contributed by atoms with Gasteiger partial charge < -0.3 is 10.2 Å². The Hall–Kier alpha value is -2.36. The van der Waals surface area contributed by atoms with E-state index in [0.29, 0.717) is 18.0 Å². The molecule has 1 aliphatic heterocycles. The summed E-state index contributed by atoms with van der Waals surface area (Å²) in [4.78, 5) is 18.9. The van der Waals surface area contributed by atoms with Crippen LogP contribution >= 0.6 is 0 Å². The molecule has 23 heavy (non-hydrogen) atoms. The molecular weight excluding hydrogens is 286 g/mol. The van der Waals surface area contributed by atoms with Gasteiger partial charge in [-0.1, -0.05) is 38.1 Å². The number of hydrogen-bond acceptors (Lipinski definition) is 3. The summed E-state index contributed by atoms with van der Waals surface area (Å²) in [5.41, 5.74) is 4.15. The number of anilines is 1. The molecule has 1 aromatic heterocycles. The molecule has 0 unspecified atom stereocenters. The molecule has 2 heterocycles. The second-order valence-electron chi connectivity index (χ2n) is 6.48. The third kappa shape index (κ3) is 3.70. The van der Waals surface area contributed by atoms with Gasteiger partial charge in [-0.25, -0.2) is 0 Å². The maximum Gasteiger partial charge on any atom is 0.255 e. The van der Waals surface area contributed by atoms with Crippen LogP contribution in [0, 0.1) is 5.92 Å². The van der Waals surface area contributed by atoms with Gasteiger partial charge in [0.2, 0.25) is 0 Å². The Morgan fingerprint density at radius 3 is 2.83 bits per heavy atom. The summed E-state index contributed by atoms with van der Waals surface area (Å²) in [6, 6.07) is 10.2. The first kappa shape index (κ1) is 15.5. The van der Waals surface area contributed by atoms with Crippen LogP contribution in [0.1, 0.15) is 35.3 Å². The van der Waals surface area contributed by atoms with Gasteiger partial charge in [0.05, 0.1) is 11.3 Å². The van der Waals surface area contributed by atoms with Crippen LogP contribution in [0.4, 0.5) is 5.69 Å². The van der Waals surface area contributed by atoms with Gasteiger partial charge in [0, 0.05) is 32.0 Å². The van der Waals surface area contributed by atoms with Gasteiger partial charge in [-0.3, -0.25) is 9.78 Å². The fraction of sp³-hybridized carbons (Fsp3) is 0.368. The van der Waals surface area contributed by atoms with Crippen LogP contribution in [0.2, 0.25) is 0 Å². The molecule has 1 aromatic carbocycles. The highest BCUT2D eigenvalue weighted by Gasteiger charge is 2.21. The minimum Gasteiger partial charge on any atom is -0.384 e. The summed E-state index contributed by atoms with van der Waals surface area (Å²) in [7, 11) is 0. The van der Waals surface area contributed by atoms with Crippen molar-refractivity contribution in [1.82, 2.24) is 9.88 Å². The van der Waals surface area contributed by atoms with Gasteiger partial charge in [-0.15, -0.1) is 0 Å². The molecule has 4 nitrogen and oxygen atoms in total. The number of nitrogens with zero attached hydrogens (tertiary/aromatic N) is 2. The number of benzene rings is 1. The monoisotopic (exact) mass is 309 g/mol. The predicted octanol–water partition coefficient (Wildman–Crippen LogP) is 3.35. The van der Waals surface area contributed by atoms with Crippen LogP contribution in [-0.2, 0) is 13.0 Å². The lowest BCUT2D eigenvalue weighted by Gasteiger charge is -2.29. The molecule has 0 atom stereocenters. The zero-order valence-corrected chi connectivity index (χ0v) is 13.7. The highest BCUT2D eigenvalue weighted by atomic mass is 16.2. The fourth-order valence-corrected chi connectivity index (χ4v) is 2.83. The molecule has 0 fully saturated rings. The topological polar surface area (TPSA) is 45.2 Å². The SMILES string of the molecule is CC(C)CNc1cncc(C(=O)N2CCc3ccccc3C2)c1. The molecule has 4 heteroatoms. The summed E-state index contributed by atoms with van der Waals surface area (Å²) < 4.78 is 0. The molecule has 0 saturated carbocycles. The van der Waals surface area contributed by atoms with Crippen molar-refractivity contribution in [2.75, 3.05) is 18.4 Å². The zero-order chi connectivity index (χ0) is 16.2. The minimum absolute atomic E-state index is 0.0557. The third-order valence-electron chi connectivity index (χ3n) is 4.12. The first-order valence-corrected chi connectivity index (χ1v) is 8.18. The molecule has 1 amide bonds. The Kier molecular flexibility index (Phi) is 4.60. The van der Waals surface area contributed by atoms with E-state index in [1.807, 2.05) is 17.0 Å². The van der Waals surface area contributed by atoms with E-state index in [1.165, 1.54) is 11.1 Å². The summed E-state index contributed by atoms with van der Waals surface area (Å²) in [5, 5.41) is 3.32. The van der Waals surface area contributed by atoms with Crippen molar-refractivity contribution in [3.63, 3.8) is 0 Å². The van der Waals surface area contributed by atoms with Crippen LogP contribution in [0.3, 0.4) is 0 Å². The fourth-order valence-electron chi connectivity index (χ4n) is 2.83. The van der Waals surface area contributed by atoms with E-state index in [9.17, 15) is 4.79 Å². The summed E-state index contributed by atoms with van der Waals surface area (Å²) in [6.07, 6.45) is 4.34. The lowest BCUT2D eigenvalue weighted by molar-refractivity contribution is 0.0734. The summed E-state index contributed by atoms with van der Waals surface area (Å²) in [6.45, 7) is 6.62. The second kappa shape index (κ2) is 6.82. The van der Waals surface area contributed by atoms with Crippen molar-refractivity contribution in [2.24, 2.45) is 5.92 Å². The van der Waals surface area contributed by atoms with Crippen LogP contribution in [0.5, 0.6) is 0 Å². The molecule has 0 radical (unpaired) electrons. The molecule has 0 bridgehead atoms. The average Bonchev–Trinajstić information content (AvgIpc) is 2.59. The molecule has 1 aliphatic rings. The first-order chi connectivity index (χ1) is 11.1. The number of carbonyl (C=O) groups excluding carboxylic acids is 1. The van der Waals surface area contributed by atoms with Crippen molar-refractivity contribution >= 4 is 11.6 Å². The van der Waals surface area contributed by atoms with Crippen LogP contribution in [0.15, 0.2) is 42.7 Å². The van der Waals surface area contributed by atoms with Crippen molar-refractivity contribution in [3.8, 4) is 0 Å². The van der Waals surface area contributed by atoms with Crippen LogP contribution in [-0.4, -0.2) is 28.9 Å².